The fraction of sp³-hybridized carbons (Fsp3) is 0.769. The second-order valence-electron chi connectivity index (χ2n) is 5.66. The zero-order valence-corrected chi connectivity index (χ0v) is 12.3. The lowest BCUT2D eigenvalue weighted by molar-refractivity contribution is 0.241. The van der Waals surface area contributed by atoms with Crippen LogP contribution in [0.5, 0.6) is 0 Å². The molecule has 3 nitrogen and oxygen atoms in total. The van der Waals surface area contributed by atoms with Gasteiger partial charge in [0.05, 0.1) is 16.4 Å². The Morgan fingerprint density at radius 3 is 2.41 bits per heavy atom. The van der Waals surface area contributed by atoms with Crippen molar-refractivity contribution in [1.82, 2.24) is 9.78 Å². The smallest absolute Gasteiger partial charge is 0.0847 e. The van der Waals surface area contributed by atoms with Crippen molar-refractivity contribution in [3.8, 4) is 0 Å². The molecule has 0 amide bonds. The Hall–Kier alpha value is -0.540. The summed E-state index contributed by atoms with van der Waals surface area (Å²) in [4.78, 5) is 0. The van der Waals surface area contributed by atoms with E-state index in [0.29, 0.717) is 12.5 Å². The average molecular weight is 258 g/mol. The summed E-state index contributed by atoms with van der Waals surface area (Å²) in [6.07, 6.45) is 0.896. The molecule has 2 N–H and O–H groups in total. The topological polar surface area (TPSA) is 43.8 Å². The molecule has 0 saturated carbocycles. The summed E-state index contributed by atoms with van der Waals surface area (Å²) in [5.74, 6) is 0.418. The van der Waals surface area contributed by atoms with Crippen molar-refractivity contribution in [2.24, 2.45) is 17.1 Å². The van der Waals surface area contributed by atoms with Crippen molar-refractivity contribution in [3.05, 3.63) is 16.4 Å². The number of nitrogens with zero attached hydrogens (tertiary/aromatic N) is 2. The number of halogens is 1. The maximum Gasteiger partial charge on any atom is 0.0847 e. The monoisotopic (exact) mass is 257 g/mol. The number of aromatic nitrogens is 2. The molecule has 0 fully saturated rings. The van der Waals surface area contributed by atoms with Crippen molar-refractivity contribution in [2.45, 2.75) is 47.6 Å². The van der Waals surface area contributed by atoms with Crippen LogP contribution < -0.4 is 5.73 Å². The third-order valence-electron chi connectivity index (χ3n) is 3.40. The molecule has 0 aromatic carbocycles. The molecule has 1 rings (SSSR count). The second-order valence-corrected chi connectivity index (χ2v) is 6.04. The summed E-state index contributed by atoms with van der Waals surface area (Å²) >= 11 is 6.32. The van der Waals surface area contributed by atoms with Crippen LogP contribution in [0, 0.1) is 18.3 Å². The third-order valence-corrected chi connectivity index (χ3v) is 3.89. The van der Waals surface area contributed by atoms with E-state index < -0.39 is 0 Å². The Balaban J connectivity index is 3.01. The van der Waals surface area contributed by atoms with Gasteiger partial charge >= 0.3 is 0 Å². The summed E-state index contributed by atoms with van der Waals surface area (Å²) in [6, 6.07) is 0. The van der Waals surface area contributed by atoms with Crippen molar-refractivity contribution in [1.29, 1.82) is 0 Å². The van der Waals surface area contributed by atoms with Gasteiger partial charge in [0.15, 0.2) is 0 Å². The molecule has 4 heteroatoms. The molecule has 98 valence electrons. The molecule has 0 aliphatic rings. The van der Waals surface area contributed by atoms with Crippen molar-refractivity contribution in [3.63, 3.8) is 0 Å². The van der Waals surface area contributed by atoms with Crippen LogP contribution in [-0.2, 0) is 13.0 Å². The van der Waals surface area contributed by atoms with E-state index >= 15 is 0 Å². The molecule has 0 spiro atoms. The van der Waals surface area contributed by atoms with Gasteiger partial charge in [0.25, 0.3) is 0 Å². The fourth-order valence-electron chi connectivity index (χ4n) is 2.04. The third kappa shape index (κ3) is 3.23. The van der Waals surface area contributed by atoms with E-state index in [9.17, 15) is 0 Å². The van der Waals surface area contributed by atoms with Crippen LogP contribution in [0.25, 0.3) is 0 Å². The maximum absolute atomic E-state index is 6.32. The largest absolute Gasteiger partial charge is 0.330 e. The molecule has 0 aliphatic heterocycles. The predicted octanol–water partition coefficient (Wildman–Crippen LogP) is 3.03. The van der Waals surface area contributed by atoms with Gasteiger partial charge in [0.2, 0.25) is 0 Å². The highest BCUT2D eigenvalue weighted by Crippen LogP contribution is 2.31. The minimum Gasteiger partial charge on any atom is -0.330 e. The molecule has 0 bridgehead atoms. The van der Waals surface area contributed by atoms with Crippen molar-refractivity contribution >= 4 is 11.6 Å². The highest BCUT2D eigenvalue weighted by atomic mass is 35.5. The van der Waals surface area contributed by atoms with Crippen LogP contribution >= 0.6 is 11.6 Å². The van der Waals surface area contributed by atoms with Crippen LogP contribution in [0.3, 0.4) is 0 Å². The number of aryl methyl sites for hydroxylation is 2. The van der Waals surface area contributed by atoms with Gasteiger partial charge in [-0.2, -0.15) is 5.10 Å². The molecule has 0 radical (unpaired) electrons. The highest BCUT2D eigenvalue weighted by Gasteiger charge is 2.26. The van der Waals surface area contributed by atoms with Crippen LogP contribution in [0.1, 0.15) is 39.1 Å². The summed E-state index contributed by atoms with van der Waals surface area (Å²) in [6.45, 7) is 12.2. The van der Waals surface area contributed by atoms with E-state index in [1.54, 1.807) is 0 Å². The number of hydrogen-bond donors (Lipinski definition) is 1. The first kappa shape index (κ1) is 14.5. The second kappa shape index (κ2) is 5.40. The van der Waals surface area contributed by atoms with Crippen LogP contribution in [0.4, 0.5) is 0 Å². The standard InChI is InChI=1S/C13H24ClN3/c1-6-17-11(12(14)9(2)16-17)7-10(8-15)13(3,4)5/h10H,6-8,15H2,1-5H3. The van der Waals surface area contributed by atoms with Gasteiger partial charge in [-0.05, 0) is 38.1 Å². The summed E-state index contributed by atoms with van der Waals surface area (Å²) in [5, 5.41) is 5.24. The molecular formula is C13H24ClN3. The van der Waals surface area contributed by atoms with E-state index in [4.69, 9.17) is 17.3 Å². The minimum absolute atomic E-state index is 0.189. The molecule has 1 atom stereocenters. The van der Waals surface area contributed by atoms with Gasteiger partial charge in [-0.1, -0.05) is 32.4 Å². The van der Waals surface area contributed by atoms with E-state index in [0.717, 1.165) is 29.4 Å². The molecule has 0 aliphatic carbocycles. The number of rotatable bonds is 4. The molecular weight excluding hydrogens is 234 g/mol. The van der Waals surface area contributed by atoms with Crippen molar-refractivity contribution in [2.75, 3.05) is 6.54 Å². The van der Waals surface area contributed by atoms with E-state index in [1.807, 2.05) is 11.6 Å². The van der Waals surface area contributed by atoms with Gasteiger partial charge in [-0.25, -0.2) is 0 Å². The van der Waals surface area contributed by atoms with E-state index in [2.05, 4.69) is 32.8 Å². The van der Waals surface area contributed by atoms with E-state index in [1.165, 1.54) is 0 Å². The first-order chi connectivity index (χ1) is 7.81. The quantitative estimate of drug-likeness (QED) is 0.901. The Bertz CT molecular complexity index is 377. The molecule has 1 aromatic heterocycles. The lowest BCUT2D eigenvalue weighted by atomic mass is 9.78. The lowest BCUT2D eigenvalue weighted by Crippen LogP contribution is -2.30. The SMILES string of the molecule is CCn1nc(C)c(Cl)c1CC(CN)C(C)(C)C. The van der Waals surface area contributed by atoms with Gasteiger partial charge in [0, 0.05) is 6.54 Å². The van der Waals surface area contributed by atoms with Crippen LogP contribution in [-0.4, -0.2) is 16.3 Å². The van der Waals surface area contributed by atoms with Crippen molar-refractivity contribution < 1.29 is 0 Å². The zero-order chi connectivity index (χ0) is 13.2. The summed E-state index contributed by atoms with van der Waals surface area (Å²) in [5.41, 5.74) is 8.10. The Morgan fingerprint density at radius 1 is 1.41 bits per heavy atom. The lowest BCUT2D eigenvalue weighted by Gasteiger charge is -2.29. The highest BCUT2D eigenvalue weighted by molar-refractivity contribution is 6.31. The van der Waals surface area contributed by atoms with Crippen LogP contribution in [0.15, 0.2) is 0 Å². The van der Waals surface area contributed by atoms with Gasteiger partial charge in [-0.15, -0.1) is 0 Å². The normalized spacial score (nSPS) is 14.1. The summed E-state index contributed by atoms with van der Waals surface area (Å²) in [7, 11) is 0. The Morgan fingerprint density at radius 2 is 2.00 bits per heavy atom. The predicted molar refractivity (Wildman–Crippen MR) is 73.4 cm³/mol. The van der Waals surface area contributed by atoms with Crippen LogP contribution in [0.2, 0.25) is 5.02 Å². The first-order valence-electron chi connectivity index (χ1n) is 6.23. The molecule has 1 heterocycles. The molecule has 1 aromatic rings. The minimum atomic E-state index is 0.189. The average Bonchev–Trinajstić information content (AvgIpc) is 2.50. The molecule has 1 unspecified atom stereocenters. The Kier molecular flexibility index (Phi) is 4.62. The van der Waals surface area contributed by atoms with Gasteiger partial charge in [-0.3, -0.25) is 4.68 Å². The van der Waals surface area contributed by atoms with E-state index in [-0.39, 0.29) is 5.41 Å². The molecule has 17 heavy (non-hydrogen) atoms. The first-order valence-corrected chi connectivity index (χ1v) is 6.60. The molecule has 0 saturated heterocycles. The maximum atomic E-state index is 6.32. The van der Waals surface area contributed by atoms with Gasteiger partial charge < -0.3 is 5.73 Å². The van der Waals surface area contributed by atoms with Gasteiger partial charge in [0.1, 0.15) is 0 Å². The number of hydrogen-bond acceptors (Lipinski definition) is 2. The fourth-order valence-corrected chi connectivity index (χ4v) is 2.25. The Labute approximate surface area is 109 Å². The zero-order valence-electron chi connectivity index (χ0n) is 11.5. The number of nitrogens with two attached hydrogens (primary N) is 1. The summed E-state index contributed by atoms with van der Waals surface area (Å²) < 4.78 is 1.99.